The van der Waals surface area contributed by atoms with Crippen LogP contribution in [0.4, 0.5) is 4.39 Å². The summed E-state index contributed by atoms with van der Waals surface area (Å²) in [6.45, 7) is 2.60. The normalized spacial score (nSPS) is 12.6. The van der Waals surface area contributed by atoms with Gasteiger partial charge in [-0.1, -0.05) is 22.9 Å². The summed E-state index contributed by atoms with van der Waals surface area (Å²) in [6.07, 6.45) is 2.73. The van der Waals surface area contributed by atoms with Crippen LogP contribution in [-0.4, -0.2) is 4.98 Å². The molecule has 1 atom stereocenters. The highest BCUT2D eigenvalue weighted by Gasteiger charge is 2.12. The largest absolute Gasteiger partial charge is 0.304 e. The first-order chi connectivity index (χ1) is 8.70. The highest BCUT2D eigenvalue weighted by molar-refractivity contribution is 9.10. The SMILES string of the molecule is CCC(NCc1cc(Br)ccc1F)c1nccs1. The molecule has 0 saturated carbocycles. The molecule has 0 aliphatic rings. The maximum Gasteiger partial charge on any atom is 0.127 e. The summed E-state index contributed by atoms with van der Waals surface area (Å²) >= 11 is 4.98. The van der Waals surface area contributed by atoms with E-state index in [1.54, 1.807) is 29.7 Å². The van der Waals surface area contributed by atoms with Crippen LogP contribution in [0.2, 0.25) is 0 Å². The van der Waals surface area contributed by atoms with Crippen molar-refractivity contribution >= 4 is 27.3 Å². The highest BCUT2D eigenvalue weighted by atomic mass is 79.9. The molecule has 0 fully saturated rings. The fourth-order valence-electron chi connectivity index (χ4n) is 1.72. The summed E-state index contributed by atoms with van der Waals surface area (Å²) < 4.78 is 14.5. The molecule has 5 heteroatoms. The number of aromatic nitrogens is 1. The van der Waals surface area contributed by atoms with E-state index in [1.807, 2.05) is 5.38 Å². The molecule has 1 heterocycles. The van der Waals surface area contributed by atoms with E-state index in [9.17, 15) is 4.39 Å². The Morgan fingerprint density at radius 3 is 3.00 bits per heavy atom. The van der Waals surface area contributed by atoms with Gasteiger partial charge in [0.1, 0.15) is 10.8 Å². The molecule has 0 spiro atoms. The molecule has 96 valence electrons. The van der Waals surface area contributed by atoms with Crippen molar-refractivity contribution in [2.24, 2.45) is 0 Å². The van der Waals surface area contributed by atoms with Crippen LogP contribution in [-0.2, 0) is 6.54 Å². The first kappa shape index (κ1) is 13.6. The van der Waals surface area contributed by atoms with Gasteiger partial charge in [0.15, 0.2) is 0 Å². The Morgan fingerprint density at radius 1 is 1.50 bits per heavy atom. The van der Waals surface area contributed by atoms with Crippen molar-refractivity contribution in [3.8, 4) is 0 Å². The molecule has 0 saturated heterocycles. The smallest absolute Gasteiger partial charge is 0.127 e. The average Bonchev–Trinajstić information content (AvgIpc) is 2.88. The molecule has 1 N–H and O–H groups in total. The van der Waals surface area contributed by atoms with Gasteiger partial charge in [-0.05, 0) is 24.6 Å². The second kappa shape index (κ2) is 6.41. The number of rotatable bonds is 5. The number of nitrogens with zero attached hydrogens (tertiary/aromatic N) is 1. The summed E-state index contributed by atoms with van der Waals surface area (Å²) in [5.74, 6) is -0.181. The predicted octanol–water partition coefficient (Wildman–Crippen LogP) is 4.29. The zero-order valence-corrected chi connectivity index (χ0v) is 12.4. The maximum atomic E-state index is 13.6. The minimum absolute atomic E-state index is 0.181. The van der Waals surface area contributed by atoms with E-state index in [2.05, 4.69) is 33.2 Å². The molecule has 0 bridgehead atoms. The third-order valence-corrected chi connectivity index (χ3v) is 4.09. The number of hydrogen-bond donors (Lipinski definition) is 1. The molecular weight excluding hydrogens is 315 g/mol. The summed E-state index contributed by atoms with van der Waals surface area (Å²) in [5.41, 5.74) is 0.666. The first-order valence-corrected chi connectivity index (χ1v) is 7.44. The predicted molar refractivity (Wildman–Crippen MR) is 76.1 cm³/mol. The fourth-order valence-corrected chi connectivity index (χ4v) is 2.93. The van der Waals surface area contributed by atoms with E-state index in [0.29, 0.717) is 12.1 Å². The number of nitrogens with one attached hydrogen (secondary N) is 1. The van der Waals surface area contributed by atoms with Crippen molar-refractivity contribution in [3.05, 3.63) is 50.6 Å². The van der Waals surface area contributed by atoms with Gasteiger partial charge in [-0.25, -0.2) is 9.37 Å². The molecule has 2 nitrogen and oxygen atoms in total. The van der Waals surface area contributed by atoms with Crippen LogP contribution in [0.3, 0.4) is 0 Å². The second-order valence-corrected chi connectivity index (χ2v) is 5.79. The Morgan fingerprint density at radius 2 is 2.33 bits per heavy atom. The van der Waals surface area contributed by atoms with Crippen molar-refractivity contribution in [1.29, 1.82) is 0 Å². The summed E-state index contributed by atoms with van der Waals surface area (Å²) in [6, 6.07) is 5.17. The molecule has 2 aromatic rings. The lowest BCUT2D eigenvalue weighted by molar-refractivity contribution is 0.502. The molecule has 1 aromatic carbocycles. The Kier molecular flexibility index (Phi) is 4.86. The minimum Gasteiger partial charge on any atom is -0.304 e. The van der Waals surface area contributed by atoms with Crippen LogP contribution in [0.15, 0.2) is 34.2 Å². The maximum absolute atomic E-state index is 13.6. The van der Waals surface area contributed by atoms with Crippen molar-refractivity contribution in [2.75, 3.05) is 0 Å². The quantitative estimate of drug-likeness (QED) is 0.885. The van der Waals surface area contributed by atoms with Gasteiger partial charge in [0, 0.05) is 28.2 Å². The van der Waals surface area contributed by atoms with Gasteiger partial charge in [0.2, 0.25) is 0 Å². The van der Waals surface area contributed by atoms with Crippen molar-refractivity contribution in [1.82, 2.24) is 10.3 Å². The van der Waals surface area contributed by atoms with E-state index in [0.717, 1.165) is 15.9 Å². The monoisotopic (exact) mass is 328 g/mol. The molecular formula is C13H14BrFN2S. The number of thiazole rings is 1. The molecule has 18 heavy (non-hydrogen) atoms. The topological polar surface area (TPSA) is 24.9 Å². The Bertz CT molecular complexity index is 502. The summed E-state index contributed by atoms with van der Waals surface area (Å²) in [7, 11) is 0. The Balaban J connectivity index is 2.04. The molecule has 1 aromatic heterocycles. The molecule has 0 aliphatic carbocycles. The number of benzene rings is 1. The fraction of sp³-hybridized carbons (Fsp3) is 0.308. The molecule has 0 radical (unpaired) electrons. The van der Waals surface area contributed by atoms with Crippen LogP contribution in [0.1, 0.15) is 30.0 Å². The van der Waals surface area contributed by atoms with Crippen LogP contribution in [0.25, 0.3) is 0 Å². The van der Waals surface area contributed by atoms with E-state index < -0.39 is 0 Å². The number of hydrogen-bond acceptors (Lipinski definition) is 3. The first-order valence-electron chi connectivity index (χ1n) is 5.77. The molecule has 1 unspecified atom stereocenters. The van der Waals surface area contributed by atoms with Gasteiger partial charge in [0.25, 0.3) is 0 Å². The molecule has 2 rings (SSSR count). The van der Waals surface area contributed by atoms with Gasteiger partial charge in [0.05, 0.1) is 6.04 Å². The minimum atomic E-state index is -0.181. The van der Waals surface area contributed by atoms with Gasteiger partial charge < -0.3 is 5.32 Å². The second-order valence-electron chi connectivity index (χ2n) is 3.95. The molecule has 0 aliphatic heterocycles. The lowest BCUT2D eigenvalue weighted by atomic mass is 10.2. The van der Waals surface area contributed by atoms with Gasteiger partial charge >= 0.3 is 0 Å². The van der Waals surface area contributed by atoms with Crippen LogP contribution < -0.4 is 5.32 Å². The van der Waals surface area contributed by atoms with E-state index >= 15 is 0 Å². The zero-order chi connectivity index (χ0) is 13.0. The standard InChI is InChI=1S/C13H14BrFN2S/c1-2-12(13-16-5-6-18-13)17-8-9-7-10(14)3-4-11(9)15/h3-7,12,17H,2,8H2,1H3. The third-order valence-electron chi connectivity index (χ3n) is 2.70. The van der Waals surface area contributed by atoms with Crippen LogP contribution in [0, 0.1) is 5.82 Å². The molecule has 0 amide bonds. The van der Waals surface area contributed by atoms with Crippen molar-refractivity contribution in [2.45, 2.75) is 25.9 Å². The van der Waals surface area contributed by atoms with Crippen molar-refractivity contribution in [3.63, 3.8) is 0 Å². The van der Waals surface area contributed by atoms with Crippen molar-refractivity contribution < 1.29 is 4.39 Å². The zero-order valence-electron chi connectivity index (χ0n) is 9.99. The van der Waals surface area contributed by atoms with E-state index in [-0.39, 0.29) is 11.9 Å². The summed E-state index contributed by atoms with van der Waals surface area (Å²) in [4.78, 5) is 4.29. The average molecular weight is 329 g/mol. The third kappa shape index (κ3) is 3.37. The lowest BCUT2D eigenvalue weighted by Gasteiger charge is -2.14. The van der Waals surface area contributed by atoms with Crippen LogP contribution >= 0.6 is 27.3 Å². The van der Waals surface area contributed by atoms with E-state index in [1.165, 1.54) is 6.07 Å². The van der Waals surface area contributed by atoms with E-state index in [4.69, 9.17) is 0 Å². The van der Waals surface area contributed by atoms with Gasteiger partial charge in [-0.15, -0.1) is 11.3 Å². The van der Waals surface area contributed by atoms with Gasteiger partial charge in [-0.2, -0.15) is 0 Å². The lowest BCUT2D eigenvalue weighted by Crippen LogP contribution is -2.20. The highest BCUT2D eigenvalue weighted by Crippen LogP contribution is 2.21. The number of halogens is 2. The Labute approximate surface area is 118 Å². The van der Waals surface area contributed by atoms with Crippen LogP contribution in [0.5, 0.6) is 0 Å². The Hall–Kier alpha value is -0.780. The van der Waals surface area contributed by atoms with Gasteiger partial charge in [-0.3, -0.25) is 0 Å². The summed E-state index contributed by atoms with van der Waals surface area (Å²) in [5, 5.41) is 6.35.